The van der Waals surface area contributed by atoms with Crippen LogP contribution in [0.15, 0.2) is 47.5 Å². The highest BCUT2D eigenvalue weighted by Crippen LogP contribution is 2.32. The molecule has 0 N–H and O–H groups in total. The zero-order chi connectivity index (χ0) is 29.5. The SMILES string of the molecule is Cc1cc(C#N)nc(N2CCN(S(=O)(=O)c3ccc4c(n3)CCN4C(=O)c3ccccc3N(C)S(C)(=O)=O)CC2)n1. The van der Waals surface area contributed by atoms with E-state index >= 15 is 0 Å². The van der Waals surface area contributed by atoms with Crippen LogP contribution in [0.2, 0.25) is 0 Å². The Morgan fingerprint density at radius 1 is 0.976 bits per heavy atom. The van der Waals surface area contributed by atoms with Gasteiger partial charge in [0.15, 0.2) is 5.03 Å². The van der Waals surface area contributed by atoms with E-state index in [2.05, 4.69) is 15.0 Å². The Balaban J connectivity index is 1.34. The van der Waals surface area contributed by atoms with Gasteiger partial charge in [-0.2, -0.15) is 9.57 Å². The van der Waals surface area contributed by atoms with Crippen molar-refractivity contribution in [2.45, 2.75) is 18.4 Å². The van der Waals surface area contributed by atoms with Gasteiger partial charge in [-0.1, -0.05) is 12.1 Å². The Hall–Kier alpha value is -4.13. The number of carbonyl (C=O) groups is 1. The highest BCUT2D eigenvalue weighted by atomic mass is 32.2. The Bertz CT molecular complexity index is 1780. The molecule has 1 amide bonds. The molecule has 1 fully saturated rings. The van der Waals surface area contributed by atoms with Crippen molar-refractivity contribution < 1.29 is 21.6 Å². The molecule has 0 spiro atoms. The van der Waals surface area contributed by atoms with Crippen molar-refractivity contribution in [3.63, 3.8) is 0 Å². The third kappa shape index (κ3) is 5.45. The summed E-state index contributed by atoms with van der Waals surface area (Å²) in [5, 5.41) is 9.09. The Kier molecular flexibility index (Phi) is 7.41. The Morgan fingerprint density at radius 3 is 2.37 bits per heavy atom. The van der Waals surface area contributed by atoms with Gasteiger partial charge >= 0.3 is 0 Å². The summed E-state index contributed by atoms with van der Waals surface area (Å²) < 4.78 is 53.6. The zero-order valence-corrected chi connectivity index (χ0v) is 24.4. The van der Waals surface area contributed by atoms with E-state index in [9.17, 15) is 26.9 Å². The molecule has 0 saturated carbocycles. The smallest absolute Gasteiger partial charge is 0.260 e. The average molecular weight is 597 g/mol. The number of anilines is 3. The number of aromatic nitrogens is 3. The van der Waals surface area contributed by atoms with E-state index in [0.717, 1.165) is 10.6 Å². The lowest BCUT2D eigenvalue weighted by Gasteiger charge is -2.33. The van der Waals surface area contributed by atoms with Gasteiger partial charge in [-0.15, -0.1) is 0 Å². The van der Waals surface area contributed by atoms with E-state index in [-0.39, 0.29) is 41.6 Å². The van der Waals surface area contributed by atoms with Gasteiger partial charge in [-0.25, -0.2) is 31.8 Å². The molecule has 0 atom stereocenters. The van der Waals surface area contributed by atoms with Crippen molar-refractivity contribution in [3.05, 3.63) is 65.1 Å². The summed E-state index contributed by atoms with van der Waals surface area (Å²) in [6, 6.07) is 13.0. The van der Waals surface area contributed by atoms with Crippen LogP contribution in [-0.2, 0) is 26.5 Å². The van der Waals surface area contributed by atoms with E-state index in [1.54, 1.807) is 43.3 Å². The number of amides is 1. The van der Waals surface area contributed by atoms with Crippen molar-refractivity contribution in [2.75, 3.05) is 60.1 Å². The number of aryl methyl sites for hydroxylation is 1. The Morgan fingerprint density at radius 2 is 1.68 bits per heavy atom. The van der Waals surface area contributed by atoms with Gasteiger partial charge in [-0.05, 0) is 37.3 Å². The van der Waals surface area contributed by atoms with Crippen LogP contribution in [0.4, 0.5) is 17.3 Å². The van der Waals surface area contributed by atoms with Crippen LogP contribution in [0.25, 0.3) is 0 Å². The number of benzene rings is 1. The van der Waals surface area contributed by atoms with Gasteiger partial charge in [0.25, 0.3) is 15.9 Å². The Labute approximate surface area is 238 Å². The molecule has 2 aliphatic rings. The molecule has 15 heteroatoms. The monoisotopic (exact) mass is 596 g/mol. The number of nitrogens with zero attached hydrogens (tertiary/aromatic N) is 8. The van der Waals surface area contributed by atoms with Gasteiger partial charge in [0.05, 0.1) is 28.9 Å². The van der Waals surface area contributed by atoms with Gasteiger partial charge in [-0.3, -0.25) is 9.10 Å². The van der Waals surface area contributed by atoms with Gasteiger partial charge < -0.3 is 9.80 Å². The van der Waals surface area contributed by atoms with Crippen molar-refractivity contribution in [1.29, 1.82) is 5.26 Å². The fourth-order valence-corrected chi connectivity index (χ4v) is 6.75. The lowest BCUT2D eigenvalue weighted by molar-refractivity contribution is 0.0990. The maximum absolute atomic E-state index is 13.5. The fraction of sp³-hybridized carbons (Fsp3) is 0.346. The molecular weight excluding hydrogens is 568 g/mol. The van der Waals surface area contributed by atoms with E-state index in [0.29, 0.717) is 42.5 Å². The minimum absolute atomic E-state index is 0.102. The topological polar surface area (TPSA) is 161 Å². The summed E-state index contributed by atoms with van der Waals surface area (Å²) in [5.74, 6) is -0.00961. The molecular formula is C26H28N8O5S2. The number of rotatable bonds is 6. The van der Waals surface area contributed by atoms with Crippen LogP contribution >= 0.6 is 0 Å². The number of fused-ring (bicyclic) bond motifs is 1. The minimum Gasteiger partial charge on any atom is -0.338 e. The summed E-state index contributed by atoms with van der Waals surface area (Å²) in [7, 11) is -6.12. The molecule has 0 radical (unpaired) electrons. The van der Waals surface area contributed by atoms with Crippen molar-refractivity contribution in [3.8, 4) is 6.07 Å². The first kappa shape index (κ1) is 28.4. The number of para-hydroxylation sites is 1. The molecule has 214 valence electrons. The summed E-state index contributed by atoms with van der Waals surface area (Å²) >= 11 is 0. The van der Waals surface area contributed by atoms with E-state index < -0.39 is 26.0 Å². The van der Waals surface area contributed by atoms with Crippen molar-refractivity contribution in [1.82, 2.24) is 19.3 Å². The molecule has 13 nitrogen and oxygen atoms in total. The molecule has 0 unspecified atom stereocenters. The first-order valence-electron chi connectivity index (χ1n) is 12.8. The van der Waals surface area contributed by atoms with Gasteiger partial charge in [0, 0.05) is 51.9 Å². The standard InChI is InChI=1S/C26H28N8O5S2/c1-18-16-19(17-27)29-26(28-18)32-12-14-33(15-13-32)41(38,39)24-9-8-23-21(30-24)10-11-34(23)25(35)20-6-4-5-7-22(20)31(2)40(3,36)37/h4-9,16H,10-15H2,1-3H3. The van der Waals surface area contributed by atoms with E-state index in [1.165, 1.54) is 22.3 Å². The van der Waals surface area contributed by atoms with Crippen LogP contribution < -0.4 is 14.1 Å². The van der Waals surface area contributed by atoms with Crippen LogP contribution in [0, 0.1) is 18.3 Å². The molecule has 1 aromatic carbocycles. The number of piperazine rings is 1. The molecule has 3 aromatic rings. The predicted molar refractivity (Wildman–Crippen MR) is 152 cm³/mol. The van der Waals surface area contributed by atoms with E-state index in [4.69, 9.17) is 0 Å². The first-order chi connectivity index (χ1) is 19.4. The predicted octanol–water partition coefficient (Wildman–Crippen LogP) is 1.16. The minimum atomic E-state index is -3.91. The van der Waals surface area contributed by atoms with Crippen molar-refractivity contribution >= 4 is 43.3 Å². The number of nitriles is 1. The van der Waals surface area contributed by atoms with Crippen LogP contribution in [-0.4, -0.2) is 88.0 Å². The summed E-state index contributed by atoms with van der Waals surface area (Å²) in [5.41, 5.74) is 2.33. The maximum atomic E-state index is 13.5. The highest BCUT2D eigenvalue weighted by Gasteiger charge is 2.34. The third-order valence-electron chi connectivity index (χ3n) is 7.09. The van der Waals surface area contributed by atoms with Crippen LogP contribution in [0.5, 0.6) is 0 Å². The summed E-state index contributed by atoms with van der Waals surface area (Å²) in [6.45, 7) is 3.13. The number of pyridine rings is 1. The second-order valence-corrected chi connectivity index (χ2v) is 13.7. The number of sulfonamides is 2. The normalized spacial score (nSPS) is 15.9. The molecule has 1 saturated heterocycles. The first-order valence-corrected chi connectivity index (χ1v) is 16.0. The van der Waals surface area contributed by atoms with Crippen LogP contribution in [0.3, 0.4) is 0 Å². The second kappa shape index (κ2) is 10.7. The molecule has 41 heavy (non-hydrogen) atoms. The van der Waals surface area contributed by atoms with Crippen LogP contribution in [0.1, 0.15) is 27.4 Å². The second-order valence-electron chi connectivity index (χ2n) is 9.77. The lowest BCUT2D eigenvalue weighted by atomic mass is 10.1. The van der Waals surface area contributed by atoms with Gasteiger partial charge in [0.1, 0.15) is 11.8 Å². The third-order valence-corrected chi connectivity index (χ3v) is 10.1. The molecule has 2 aromatic heterocycles. The summed E-state index contributed by atoms with van der Waals surface area (Å²) in [6.07, 6.45) is 1.42. The van der Waals surface area contributed by atoms with Crippen molar-refractivity contribution in [2.24, 2.45) is 0 Å². The molecule has 5 rings (SSSR count). The van der Waals surface area contributed by atoms with Gasteiger partial charge in [0.2, 0.25) is 16.0 Å². The molecule has 0 bridgehead atoms. The highest BCUT2D eigenvalue weighted by molar-refractivity contribution is 7.92. The molecule has 4 heterocycles. The zero-order valence-electron chi connectivity index (χ0n) is 22.7. The lowest BCUT2D eigenvalue weighted by Crippen LogP contribution is -2.49. The number of hydrogen-bond acceptors (Lipinski definition) is 10. The number of hydrogen-bond donors (Lipinski definition) is 0. The largest absolute Gasteiger partial charge is 0.338 e. The van der Waals surface area contributed by atoms with E-state index in [1.807, 2.05) is 11.0 Å². The summed E-state index contributed by atoms with van der Waals surface area (Å²) in [4.78, 5) is 29.9. The fourth-order valence-electron chi connectivity index (χ4n) is 4.86. The quantitative estimate of drug-likeness (QED) is 0.404. The maximum Gasteiger partial charge on any atom is 0.260 e. The average Bonchev–Trinajstić information content (AvgIpc) is 3.39. The molecule has 0 aliphatic carbocycles. The number of carbonyl (C=O) groups excluding carboxylic acids is 1. The molecule has 2 aliphatic heterocycles.